The molecule has 6 nitrogen and oxygen atoms in total. The number of ether oxygens (including phenoxy) is 3. The van der Waals surface area contributed by atoms with Crippen molar-refractivity contribution < 1.29 is 19.0 Å². The molecule has 31 heavy (non-hydrogen) atoms. The molecule has 1 fully saturated rings. The largest absolute Gasteiger partial charge is 0.497 e. The first kappa shape index (κ1) is 21.2. The van der Waals surface area contributed by atoms with Crippen LogP contribution in [-0.4, -0.2) is 44.4 Å². The second-order valence-corrected chi connectivity index (χ2v) is 8.03. The van der Waals surface area contributed by atoms with Gasteiger partial charge in [0.2, 0.25) is 5.91 Å². The molecular weight excluding hydrogens is 392 g/mol. The molecule has 4 rings (SSSR count). The van der Waals surface area contributed by atoms with Gasteiger partial charge in [0.25, 0.3) is 0 Å². The van der Waals surface area contributed by atoms with Crippen LogP contribution in [0.2, 0.25) is 0 Å². The summed E-state index contributed by atoms with van der Waals surface area (Å²) in [4.78, 5) is 16.1. The molecule has 3 aromatic rings. The molecule has 2 N–H and O–H groups in total. The number of aromatic nitrogens is 1. The molecule has 0 bridgehead atoms. The van der Waals surface area contributed by atoms with Gasteiger partial charge >= 0.3 is 0 Å². The van der Waals surface area contributed by atoms with E-state index in [4.69, 9.17) is 14.2 Å². The molecule has 1 aromatic heterocycles. The molecule has 0 atom stereocenters. The minimum absolute atomic E-state index is 0.0144. The van der Waals surface area contributed by atoms with E-state index < -0.39 is 0 Å². The Labute approximate surface area is 182 Å². The fourth-order valence-electron chi connectivity index (χ4n) is 4.34. The van der Waals surface area contributed by atoms with Gasteiger partial charge in [0.15, 0.2) is 0 Å². The summed E-state index contributed by atoms with van der Waals surface area (Å²) in [6.45, 7) is 4.62. The van der Waals surface area contributed by atoms with E-state index in [0.717, 1.165) is 40.8 Å². The number of nitrogens with one attached hydrogen (secondary N) is 2. The SMILES string of the molecule is CCOc1ccc(C2(CNC(=O)Cc3c[nH]c4ccc(OC)cc34)CCOCC2)cc1. The summed E-state index contributed by atoms with van der Waals surface area (Å²) in [6, 6.07) is 14.1. The molecule has 1 aliphatic heterocycles. The number of fused-ring (bicyclic) bond motifs is 1. The predicted molar refractivity (Wildman–Crippen MR) is 121 cm³/mol. The van der Waals surface area contributed by atoms with Crippen LogP contribution in [-0.2, 0) is 21.4 Å². The molecule has 6 heteroatoms. The Morgan fingerprint density at radius 2 is 1.87 bits per heavy atom. The Morgan fingerprint density at radius 1 is 1.13 bits per heavy atom. The Balaban J connectivity index is 1.46. The fourth-order valence-corrected chi connectivity index (χ4v) is 4.34. The third-order valence-corrected chi connectivity index (χ3v) is 6.18. The molecule has 0 aliphatic carbocycles. The van der Waals surface area contributed by atoms with Crippen LogP contribution >= 0.6 is 0 Å². The highest BCUT2D eigenvalue weighted by atomic mass is 16.5. The number of carbonyl (C=O) groups excluding carboxylic acids is 1. The van der Waals surface area contributed by atoms with Crippen molar-refractivity contribution in [1.29, 1.82) is 0 Å². The van der Waals surface area contributed by atoms with Crippen molar-refractivity contribution in [2.24, 2.45) is 0 Å². The van der Waals surface area contributed by atoms with Crippen LogP contribution in [0.25, 0.3) is 10.9 Å². The van der Waals surface area contributed by atoms with E-state index in [-0.39, 0.29) is 11.3 Å². The Morgan fingerprint density at radius 3 is 2.58 bits per heavy atom. The summed E-state index contributed by atoms with van der Waals surface area (Å²) in [5.74, 6) is 1.66. The Hall–Kier alpha value is -2.99. The van der Waals surface area contributed by atoms with Crippen molar-refractivity contribution in [3.05, 3.63) is 59.8 Å². The standard InChI is InChI=1S/C25H30N2O4/c1-3-31-20-6-4-19(5-7-20)25(10-12-30-13-11-25)17-27-24(28)14-18-16-26-23-9-8-21(29-2)15-22(18)23/h4-9,15-16,26H,3,10-14,17H2,1-2H3,(H,27,28). The van der Waals surface area contributed by atoms with Gasteiger partial charge in [0.05, 0.1) is 20.1 Å². The van der Waals surface area contributed by atoms with E-state index in [0.29, 0.717) is 32.8 Å². The van der Waals surface area contributed by atoms with Crippen molar-refractivity contribution in [1.82, 2.24) is 10.3 Å². The summed E-state index contributed by atoms with van der Waals surface area (Å²) >= 11 is 0. The number of aromatic amines is 1. The highest BCUT2D eigenvalue weighted by Gasteiger charge is 2.35. The van der Waals surface area contributed by atoms with Crippen LogP contribution in [0.5, 0.6) is 11.5 Å². The smallest absolute Gasteiger partial charge is 0.224 e. The number of amides is 1. The van der Waals surface area contributed by atoms with Gasteiger partial charge < -0.3 is 24.5 Å². The van der Waals surface area contributed by atoms with Crippen molar-refractivity contribution in [3.63, 3.8) is 0 Å². The van der Waals surface area contributed by atoms with Crippen LogP contribution in [0.3, 0.4) is 0 Å². The number of H-pyrrole nitrogens is 1. The molecule has 2 heterocycles. The van der Waals surface area contributed by atoms with E-state index in [2.05, 4.69) is 22.4 Å². The summed E-state index contributed by atoms with van der Waals surface area (Å²) in [5, 5.41) is 4.21. The van der Waals surface area contributed by atoms with E-state index in [9.17, 15) is 4.79 Å². The number of carbonyl (C=O) groups is 1. The quantitative estimate of drug-likeness (QED) is 0.576. The molecule has 0 radical (unpaired) electrons. The van der Waals surface area contributed by atoms with Gasteiger partial charge in [-0.2, -0.15) is 0 Å². The summed E-state index contributed by atoms with van der Waals surface area (Å²) in [7, 11) is 1.65. The summed E-state index contributed by atoms with van der Waals surface area (Å²) < 4.78 is 16.5. The first-order chi connectivity index (χ1) is 15.1. The zero-order chi connectivity index (χ0) is 21.7. The Bertz CT molecular complexity index is 1020. The van der Waals surface area contributed by atoms with Gasteiger partial charge in [-0.15, -0.1) is 0 Å². The molecule has 0 saturated carbocycles. The van der Waals surface area contributed by atoms with E-state index in [1.807, 2.05) is 43.5 Å². The number of methoxy groups -OCH3 is 1. The third kappa shape index (κ3) is 4.69. The molecule has 2 aromatic carbocycles. The van der Waals surface area contributed by atoms with Crippen molar-refractivity contribution >= 4 is 16.8 Å². The first-order valence-electron chi connectivity index (χ1n) is 10.9. The second kappa shape index (κ2) is 9.43. The molecule has 164 valence electrons. The van der Waals surface area contributed by atoms with Crippen LogP contribution in [0.15, 0.2) is 48.7 Å². The van der Waals surface area contributed by atoms with Crippen LogP contribution in [0.4, 0.5) is 0 Å². The molecule has 1 amide bonds. The monoisotopic (exact) mass is 422 g/mol. The topological polar surface area (TPSA) is 72.6 Å². The van der Waals surface area contributed by atoms with Crippen LogP contribution in [0.1, 0.15) is 30.9 Å². The van der Waals surface area contributed by atoms with Crippen molar-refractivity contribution in [2.45, 2.75) is 31.6 Å². The van der Waals surface area contributed by atoms with E-state index in [1.165, 1.54) is 5.56 Å². The van der Waals surface area contributed by atoms with Crippen LogP contribution in [0, 0.1) is 0 Å². The maximum atomic E-state index is 12.9. The van der Waals surface area contributed by atoms with E-state index in [1.54, 1.807) is 7.11 Å². The van der Waals surface area contributed by atoms with Crippen molar-refractivity contribution in [3.8, 4) is 11.5 Å². The number of hydrogen-bond acceptors (Lipinski definition) is 4. The normalized spacial score (nSPS) is 15.5. The van der Waals surface area contributed by atoms with Gasteiger partial charge in [0.1, 0.15) is 11.5 Å². The van der Waals surface area contributed by atoms with Gasteiger partial charge in [-0.25, -0.2) is 0 Å². The number of benzene rings is 2. The average Bonchev–Trinajstić information content (AvgIpc) is 3.21. The lowest BCUT2D eigenvalue weighted by Gasteiger charge is -2.38. The van der Waals surface area contributed by atoms with Crippen LogP contribution < -0.4 is 14.8 Å². The summed E-state index contributed by atoms with van der Waals surface area (Å²) in [5.41, 5.74) is 3.06. The molecule has 1 saturated heterocycles. The molecule has 0 spiro atoms. The lowest BCUT2D eigenvalue weighted by Crippen LogP contribution is -2.45. The average molecular weight is 423 g/mol. The van der Waals surface area contributed by atoms with Gasteiger partial charge in [0, 0.05) is 42.3 Å². The highest BCUT2D eigenvalue weighted by molar-refractivity contribution is 5.89. The van der Waals surface area contributed by atoms with E-state index >= 15 is 0 Å². The van der Waals surface area contributed by atoms with Gasteiger partial charge in [-0.3, -0.25) is 4.79 Å². The molecule has 1 aliphatic rings. The highest BCUT2D eigenvalue weighted by Crippen LogP contribution is 2.35. The second-order valence-electron chi connectivity index (χ2n) is 8.03. The molecular formula is C25H30N2O4. The lowest BCUT2D eigenvalue weighted by atomic mass is 9.74. The number of hydrogen-bond donors (Lipinski definition) is 2. The lowest BCUT2D eigenvalue weighted by molar-refractivity contribution is -0.120. The summed E-state index contributed by atoms with van der Waals surface area (Å²) in [6.07, 6.45) is 3.99. The molecule has 0 unspecified atom stereocenters. The van der Waals surface area contributed by atoms with Gasteiger partial charge in [-0.05, 0) is 61.2 Å². The minimum atomic E-state index is -0.123. The van der Waals surface area contributed by atoms with Gasteiger partial charge in [-0.1, -0.05) is 12.1 Å². The maximum absolute atomic E-state index is 12.9. The zero-order valence-electron chi connectivity index (χ0n) is 18.2. The minimum Gasteiger partial charge on any atom is -0.497 e. The Kier molecular flexibility index (Phi) is 6.47. The predicted octanol–water partition coefficient (Wildman–Crippen LogP) is 3.98. The maximum Gasteiger partial charge on any atom is 0.224 e. The third-order valence-electron chi connectivity index (χ3n) is 6.18. The number of rotatable bonds is 8. The van der Waals surface area contributed by atoms with Crippen molar-refractivity contribution in [2.75, 3.05) is 33.5 Å². The first-order valence-corrected chi connectivity index (χ1v) is 10.9. The fraction of sp³-hybridized carbons (Fsp3) is 0.400. The zero-order valence-corrected chi connectivity index (χ0v) is 18.2.